The van der Waals surface area contributed by atoms with E-state index < -0.39 is 0 Å². The highest BCUT2D eigenvalue weighted by Gasteiger charge is 2.30. The third kappa shape index (κ3) is 2.87. The summed E-state index contributed by atoms with van der Waals surface area (Å²) in [4.78, 5) is 11.6. The molecule has 5 nitrogen and oxygen atoms in total. The Bertz CT molecular complexity index is 473. The molecule has 1 saturated carbocycles. The molecule has 0 amide bonds. The average molecular weight is 276 g/mol. The molecule has 0 radical (unpaired) electrons. The van der Waals surface area contributed by atoms with E-state index in [-0.39, 0.29) is 6.10 Å². The molecule has 1 aliphatic carbocycles. The van der Waals surface area contributed by atoms with Crippen molar-refractivity contribution in [1.82, 2.24) is 9.97 Å². The van der Waals surface area contributed by atoms with Gasteiger partial charge in [0, 0.05) is 37.5 Å². The van der Waals surface area contributed by atoms with Gasteiger partial charge in [0.2, 0.25) is 0 Å². The van der Waals surface area contributed by atoms with E-state index in [1.165, 1.54) is 12.8 Å². The van der Waals surface area contributed by atoms with E-state index in [1.807, 2.05) is 13.0 Å². The predicted octanol–water partition coefficient (Wildman–Crippen LogP) is 1.99. The van der Waals surface area contributed by atoms with Gasteiger partial charge in [0.25, 0.3) is 0 Å². The van der Waals surface area contributed by atoms with E-state index in [0.29, 0.717) is 11.8 Å². The topological polar surface area (TPSA) is 61.3 Å². The number of aliphatic hydroxyl groups is 1. The molecule has 2 N–H and O–H groups in total. The molecule has 5 heteroatoms. The third-order valence-corrected chi connectivity index (χ3v) is 4.26. The van der Waals surface area contributed by atoms with Gasteiger partial charge < -0.3 is 15.3 Å². The van der Waals surface area contributed by atoms with E-state index in [1.54, 1.807) is 0 Å². The summed E-state index contributed by atoms with van der Waals surface area (Å²) in [6, 6.07) is 2.04. The summed E-state index contributed by atoms with van der Waals surface area (Å²) in [5.41, 5.74) is 0. The Morgan fingerprint density at radius 1 is 1.40 bits per heavy atom. The van der Waals surface area contributed by atoms with Gasteiger partial charge in [0.05, 0.1) is 6.10 Å². The van der Waals surface area contributed by atoms with Crippen LogP contribution in [0, 0.1) is 5.92 Å². The molecule has 1 aromatic rings. The average Bonchev–Trinajstić information content (AvgIpc) is 3.15. The lowest BCUT2D eigenvalue weighted by Crippen LogP contribution is -2.25. The van der Waals surface area contributed by atoms with E-state index >= 15 is 0 Å². The first kappa shape index (κ1) is 13.6. The molecule has 1 aliphatic heterocycles. The van der Waals surface area contributed by atoms with Gasteiger partial charge in [-0.2, -0.15) is 0 Å². The molecule has 2 unspecified atom stereocenters. The fourth-order valence-corrected chi connectivity index (χ4v) is 2.80. The van der Waals surface area contributed by atoms with Crippen molar-refractivity contribution in [3.05, 3.63) is 11.9 Å². The van der Waals surface area contributed by atoms with Crippen molar-refractivity contribution >= 4 is 11.6 Å². The smallest absolute Gasteiger partial charge is 0.136 e. The number of anilines is 2. The van der Waals surface area contributed by atoms with Crippen LogP contribution in [0.1, 0.15) is 44.9 Å². The normalized spacial score (nSPS) is 23.9. The molecule has 0 bridgehead atoms. The Hall–Kier alpha value is -1.36. The summed E-state index contributed by atoms with van der Waals surface area (Å²) in [5.74, 6) is 3.85. The number of nitrogens with zero attached hydrogens (tertiary/aromatic N) is 3. The van der Waals surface area contributed by atoms with Gasteiger partial charge in [-0.25, -0.2) is 9.97 Å². The zero-order valence-electron chi connectivity index (χ0n) is 12.3. The fraction of sp³-hybridized carbons (Fsp3) is 0.733. The van der Waals surface area contributed by atoms with Crippen LogP contribution in [-0.2, 0) is 0 Å². The number of nitrogens with one attached hydrogen (secondary N) is 1. The minimum Gasteiger partial charge on any atom is -0.393 e. The SMILES string of the molecule is CCNc1cc(N2CCC(C(C)O)C2)nc(C2CC2)n1. The number of aliphatic hydroxyl groups excluding tert-OH is 1. The molecule has 0 spiro atoms. The molecular weight excluding hydrogens is 252 g/mol. The lowest BCUT2D eigenvalue weighted by molar-refractivity contribution is 0.136. The first-order chi connectivity index (χ1) is 9.67. The van der Waals surface area contributed by atoms with E-state index in [0.717, 1.165) is 43.5 Å². The predicted molar refractivity (Wildman–Crippen MR) is 80.2 cm³/mol. The maximum absolute atomic E-state index is 9.74. The zero-order chi connectivity index (χ0) is 14.1. The van der Waals surface area contributed by atoms with Crippen LogP contribution < -0.4 is 10.2 Å². The number of hydrogen-bond acceptors (Lipinski definition) is 5. The molecule has 0 aromatic carbocycles. The van der Waals surface area contributed by atoms with Crippen molar-refractivity contribution < 1.29 is 5.11 Å². The maximum atomic E-state index is 9.74. The standard InChI is InChI=1S/C15H24N4O/c1-3-16-13-8-14(18-15(17-13)11-4-5-11)19-7-6-12(9-19)10(2)20/h8,10-12,20H,3-7,9H2,1-2H3,(H,16,17,18). The molecule has 2 fully saturated rings. The van der Waals surface area contributed by atoms with Crippen molar-refractivity contribution in [2.75, 3.05) is 29.9 Å². The number of rotatable bonds is 5. The molecule has 1 saturated heterocycles. The van der Waals surface area contributed by atoms with Crippen molar-refractivity contribution in [2.45, 2.75) is 45.1 Å². The second-order valence-corrected chi connectivity index (χ2v) is 6.01. The van der Waals surface area contributed by atoms with Crippen molar-refractivity contribution in [2.24, 2.45) is 5.92 Å². The zero-order valence-corrected chi connectivity index (χ0v) is 12.3. The van der Waals surface area contributed by atoms with Crippen LogP contribution in [0.5, 0.6) is 0 Å². The van der Waals surface area contributed by atoms with Crippen LogP contribution >= 0.6 is 0 Å². The Morgan fingerprint density at radius 3 is 2.80 bits per heavy atom. The van der Waals surface area contributed by atoms with Gasteiger partial charge in [0.15, 0.2) is 0 Å². The minimum absolute atomic E-state index is 0.238. The highest BCUT2D eigenvalue weighted by atomic mass is 16.3. The summed E-state index contributed by atoms with van der Waals surface area (Å²) in [7, 11) is 0. The summed E-state index contributed by atoms with van der Waals surface area (Å²) < 4.78 is 0. The van der Waals surface area contributed by atoms with E-state index in [9.17, 15) is 5.11 Å². The maximum Gasteiger partial charge on any atom is 0.136 e. The first-order valence-corrected chi connectivity index (χ1v) is 7.73. The van der Waals surface area contributed by atoms with Crippen molar-refractivity contribution in [1.29, 1.82) is 0 Å². The van der Waals surface area contributed by atoms with Gasteiger partial charge in [-0.15, -0.1) is 0 Å². The quantitative estimate of drug-likeness (QED) is 0.861. The van der Waals surface area contributed by atoms with Crippen LogP contribution in [0.3, 0.4) is 0 Å². The second kappa shape index (κ2) is 5.56. The highest BCUT2D eigenvalue weighted by Crippen LogP contribution is 2.39. The molecule has 110 valence electrons. The van der Waals surface area contributed by atoms with Crippen LogP contribution in [0.4, 0.5) is 11.6 Å². The molecule has 3 rings (SSSR count). The van der Waals surface area contributed by atoms with Gasteiger partial charge >= 0.3 is 0 Å². The van der Waals surface area contributed by atoms with Gasteiger partial charge in [-0.05, 0) is 33.1 Å². The van der Waals surface area contributed by atoms with Crippen LogP contribution in [0.15, 0.2) is 6.07 Å². The molecular formula is C15H24N4O. The van der Waals surface area contributed by atoms with E-state index in [2.05, 4.69) is 22.1 Å². The molecule has 2 heterocycles. The summed E-state index contributed by atoms with van der Waals surface area (Å²) in [5, 5.41) is 13.0. The second-order valence-electron chi connectivity index (χ2n) is 6.01. The highest BCUT2D eigenvalue weighted by molar-refractivity contribution is 5.50. The fourth-order valence-electron chi connectivity index (χ4n) is 2.80. The monoisotopic (exact) mass is 276 g/mol. The molecule has 1 aromatic heterocycles. The lowest BCUT2D eigenvalue weighted by Gasteiger charge is -2.20. The van der Waals surface area contributed by atoms with Gasteiger partial charge in [-0.1, -0.05) is 0 Å². The van der Waals surface area contributed by atoms with Crippen LogP contribution in [0.2, 0.25) is 0 Å². The minimum atomic E-state index is -0.238. The number of aromatic nitrogens is 2. The van der Waals surface area contributed by atoms with Crippen LogP contribution in [-0.4, -0.2) is 40.8 Å². The molecule has 2 atom stereocenters. The number of hydrogen-bond donors (Lipinski definition) is 2. The Kier molecular flexibility index (Phi) is 3.78. The van der Waals surface area contributed by atoms with Crippen molar-refractivity contribution in [3.63, 3.8) is 0 Å². The Labute approximate surface area is 120 Å². The third-order valence-electron chi connectivity index (χ3n) is 4.26. The first-order valence-electron chi connectivity index (χ1n) is 7.73. The van der Waals surface area contributed by atoms with Gasteiger partial charge in [0.1, 0.15) is 17.5 Å². The molecule has 20 heavy (non-hydrogen) atoms. The Balaban J connectivity index is 1.81. The summed E-state index contributed by atoms with van der Waals surface area (Å²) in [6.07, 6.45) is 3.23. The van der Waals surface area contributed by atoms with E-state index in [4.69, 9.17) is 4.98 Å². The van der Waals surface area contributed by atoms with Gasteiger partial charge in [-0.3, -0.25) is 0 Å². The Morgan fingerprint density at radius 2 is 2.20 bits per heavy atom. The summed E-state index contributed by atoms with van der Waals surface area (Å²) in [6.45, 7) is 6.70. The van der Waals surface area contributed by atoms with Crippen LogP contribution in [0.25, 0.3) is 0 Å². The molecule has 2 aliphatic rings. The van der Waals surface area contributed by atoms with Crippen molar-refractivity contribution in [3.8, 4) is 0 Å². The largest absolute Gasteiger partial charge is 0.393 e. The summed E-state index contributed by atoms with van der Waals surface area (Å²) >= 11 is 0. The lowest BCUT2D eigenvalue weighted by atomic mass is 10.0.